The summed E-state index contributed by atoms with van der Waals surface area (Å²) in [6, 6.07) is 14.6. The van der Waals surface area contributed by atoms with Crippen LogP contribution in [0.1, 0.15) is 63.7 Å². The van der Waals surface area contributed by atoms with Gasteiger partial charge in [-0.05, 0) is 89.8 Å². The fraction of sp³-hybridized carbons (Fsp3) is 0.462. The molecule has 0 spiro atoms. The first-order chi connectivity index (χ1) is 14.3. The molecule has 0 saturated heterocycles. The van der Waals surface area contributed by atoms with Crippen LogP contribution in [0.4, 0.5) is 0 Å². The zero-order valence-corrected chi connectivity index (χ0v) is 19.4. The van der Waals surface area contributed by atoms with Crippen LogP contribution in [0.25, 0.3) is 22.1 Å². The first-order valence-corrected chi connectivity index (χ1v) is 11.4. The Morgan fingerprint density at radius 2 is 1.07 bits per heavy atom. The molecule has 0 unspecified atom stereocenters. The first kappa shape index (κ1) is 20.6. The molecule has 4 aromatic rings. The third-order valence-corrected chi connectivity index (χ3v) is 6.13. The van der Waals surface area contributed by atoms with E-state index in [1.807, 2.05) is 0 Å². The number of hydrogen-bond donors (Lipinski definition) is 0. The summed E-state index contributed by atoms with van der Waals surface area (Å²) in [6.07, 6.45) is 6.94. The van der Waals surface area contributed by atoms with Gasteiger partial charge in [-0.1, -0.05) is 12.1 Å². The van der Waals surface area contributed by atoms with Crippen molar-refractivity contribution in [1.82, 2.24) is 9.13 Å². The maximum absolute atomic E-state index is 2.43. The predicted molar refractivity (Wildman–Crippen MR) is 124 cm³/mol. The molecular formula is C26H36N4+2. The van der Waals surface area contributed by atoms with Crippen molar-refractivity contribution >= 4 is 22.1 Å². The second-order valence-corrected chi connectivity index (χ2v) is 9.31. The summed E-state index contributed by atoms with van der Waals surface area (Å²) in [4.78, 5) is 0. The third kappa shape index (κ3) is 3.88. The molecule has 4 rings (SSSR count). The number of imidazole rings is 2. The smallest absolute Gasteiger partial charge is 0.230 e. The quantitative estimate of drug-likeness (QED) is 0.289. The Balaban J connectivity index is 1.50. The fourth-order valence-corrected chi connectivity index (χ4v) is 4.46. The molecule has 0 N–H and O–H groups in total. The highest BCUT2D eigenvalue weighted by atomic mass is 15.2. The van der Waals surface area contributed by atoms with Gasteiger partial charge in [-0.15, -0.1) is 0 Å². The molecule has 0 aliphatic carbocycles. The van der Waals surface area contributed by atoms with E-state index in [-0.39, 0.29) is 0 Å². The van der Waals surface area contributed by atoms with Crippen molar-refractivity contribution in [1.29, 1.82) is 0 Å². The second-order valence-electron chi connectivity index (χ2n) is 9.31. The number of rotatable bonds is 7. The lowest BCUT2D eigenvalue weighted by molar-refractivity contribution is -0.684. The van der Waals surface area contributed by atoms with Crippen LogP contribution in [-0.2, 0) is 13.1 Å². The number of benzene rings is 2. The van der Waals surface area contributed by atoms with Crippen LogP contribution >= 0.6 is 0 Å². The number of unbranched alkanes of at least 4 members (excludes halogenated alkanes) is 1. The molecule has 0 bridgehead atoms. The van der Waals surface area contributed by atoms with Gasteiger partial charge in [-0.3, -0.25) is 0 Å². The van der Waals surface area contributed by atoms with Crippen molar-refractivity contribution < 1.29 is 9.13 Å². The number of nitrogens with zero attached hydrogens (tertiary/aromatic N) is 4. The van der Waals surface area contributed by atoms with Crippen molar-refractivity contribution in [3.05, 3.63) is 60.2 Å². The van der Waals surface area contributed by atoms with E-state index in [1.54, 1.807) is 0 Å². The van der Waals surface area contributed by atoms with E-state index in [2.05, 4.69) is 109 Å². The molecule has 2 aromatic heterocycles. The fourth-order valence-electron chi connectivity index (χ4n) is 4.46. The lowest BCUT2D eigenvalue weighted by Crippen LogP contribution is -2.35. The molecule has 0 aliphatic rings. The van der Waals surface area contributed by atoms with Gasteiger partial charge in [-0.2, -0.15) is 0 Å². The van der Waals surface area contributed by atoms with Crippen LogP contribution in [-0.4, -0.2) is 9.13 Å². The van der Waals surface area contributed by atoms with Gasteiger partial charge in [0.15, 0.2) is 22.1 Å². The molecule has 0 amide bonds. The van der Waals surface area contributed by atoms with Crippen LogP contribution < -0.4 is 9.13 Å². The van der Waals surface area contributed by atoms with Crippen molar-refractivity contribution in [3.63, 3.8) is 0 Å². The van der Waals surface area contributed by atoms with Crippen LogP contribution in [0.5, 0.6) is 0 Å². The van der Waals surface area contributed by atoms with E-state index in [1.165, 1.54) is 46.0 Å². The minimum Gasteiger partial charge on any atom is -0.230 e. The largest absolute Gasteiger partial charge is 0.244 e. The lowest BCUT2D eigenvalue weighted by Gasteiger charge is -2.00. The van der Waals surface area contributed by atoms with E-state index in [9.17, 15) is 0 Å². The van der Waals surface area contributed by atoms with Gasteiger partial charge in [-0.25, -0.2) is 18.3 Å². The Kier molecular flexibility index (Phi) is 5.68. The molecule has 2 aromatic carbocycles. The van der Waals surface area contributed by atoms with E-state index >= 15 is 0 Å². The van der Waals surface area contributed by atoms with Crippen LogP contribution in [0.3, 0.4) is 0 Å². The average Bonchev–Trinajstić information content (AvgIpc) is 3.23. The highest BCUT2D eigenvalue weighted by Gasteiger charge is 2.19. The summed E-state index contributed by atoms with van der Waals surface area (Å²) in [6.45, 7) is 15.5. The zero-order valence-electron chi connectivity index (χ0n) is 19.4. The van der Waals surface area contributed by atoms with Crippen LogP contribution in [0.15, 0.2) is 49.1 Å². The highest BCUT2D eigenvalue weighted by molar-refractivity contribution is 5.73. The molecule has 4 heteroatoms. The van der Waals surface area contributed by atoms with Crippen LogP contribution in [0, 0.1) is 13.8 Å². The zero-order chi connectivity index (χ0) is 21.4. The van der Waals surface area contributed by atoms with Crippen LogP contribution in [0.2, 0.25) is 0 Å². The summed E-state index contributed by atoms with van der Waals surface area (Å²) in [5.41, 5.74) is 8.01. The molecule has 158 valence electrons. The van der Waals surface area contributed by atoms with Gasteiger partial charge in [0.05, 0.1) is 25.2 Å². The Morgan fingerprint density at radius 1 is 0.667 bits per heavy atom. The van der Waals surface area contributed by atoms with E-state index in [4.69, 9.17) is 0 Å². The molecule has 0 aliphatic heterocycles. The Bertz CT molecular complexity index is 1080. The highest BCUT2D eigenvalue weighted by Crippen LogP contribution is 2.19. The van der Waals surface area contributed by atoms with Gasteiger partial charge < -0.3 is 0 Å². The SMILES string of the molecule is Cc1ccc2c(c1)n(C(C)C)c[n+]2CCCC[n+]1cn(C(C)C)c2cc(C)ccc21. The Hall–Kier alpha value is -2.62. The van der Waals surface area contributed by atoms with E-state index < -0.39 is 0 Å². The molecular weight excluding hydrogens is 368 g/mol. The lowest BCUT2D eigenvalue weighted by atomic mass is 10.2. The van der Waals surface area contributed by atoms with Crippen molar-refractivity contribution in [2.45, 2.75) is 79.6 Å². The number of aryl methyl sites for hydroxylation is 4. The average molecular weight is 405 g/mol. The Labute approximate surface area is 180 Å². The molecule has 0 radical (unpaired) electrons. The van der Waals surface area contributed by atoms with Gasteiger partial charge >= 0.3 is 0 Å². The number of hydrogen-bond acceptors (Lipinski definition) is 0. The van der Waals surface area contributed by atoms with Crippen molar-refractivity contribution in [3.8, 4) is 0 Å². The van der Waals surface area contributed by atoms with Gasteiger partial charge in [0.25, 0.3) is 0 Å². The maximum Gasteiger partial charge on any atom is 0.244 e. The topological polar surface area (TPSA) is 17.6 Å². The monoisotopic (exact) mass is 404 g/mol. The standard InChI is InChI=1S/C26H36N4/c1-19(2)29-17-27(23-11-9-21(5)15-25(23)29)13-7-8-14-28-18-30(20(3)4)26-16-22(6)10-12-24(26)28/h9-12,15-20H,7-8,13-14H2,1-6H3/q+2. The predicted octanol–water partition coefficient (Wildman–Crippen LogP) is 5.43. The third-order valence-electron chi connectivity index (χ3n) is 6.13. The van der Waals surface area contributed by atoms with Gasteiger partial charge in [0.1, 0.15) is 0 Å². The summed E-state index contributed by atoms with van der Waals surface area (Å²) in [5.74, 6) is 0. The van der Waals surface area contributed by atoms with E-state index in [0.29, 0.717) is 12.1 Å². The molecule has 0 fully saturated rings. The first-order valence-electron chi connectivity index (χ1n) is 11.4. The molecule has 2 heterocycles. The minimum atomic E-state index is 0.469. The summed E-state index contributed by atoms with van der Waals surface area (Å²) < 4.78 is 9.66. The van der Waals surface area contributed by atoms with Crippen molar-refractivity contribution in [2.75, 3.05) is 0 Å². The van der Waals surface area contributed by atoms with E-state index in [0.717, 1.165) is 13.1 Å². The number of aromatic nitrogens is 4. The van der Waals surface area contributed by atoms with Gasteiger partial charge in [0, 0.05) is 0 Å². The molecule has 0 saturated carbocycles. The molecule has 0 atom stereocenters. The second kappa shape index (κ2) is 8.25. The minimum absolute atomic E-state index is 0.469. The molecule has 30 heavy (non-hydrogen) atoms. The summed E-state index contributed by atoms with van der Waals surface area (Å²) in [7, 11) is 0. The Morgan fingerprint density at radius 3 is 1.43 bits per heavy atom. The number of fused-ring (bicyclic) bond motifs is 2. The van der Waals surface area contributed by atoms with Gasteiger partial charge in [0.2, 0.25) is 12.7 Å². The normalized spacial score (nSPS) is 12.1. The van der Waals surface area contributed by atoms with Crippen molar-refractivity contribution in [2.24, 2.45) is 0 Å². The summed E-state index contributed by atoms with van der Waals surface area (Å²) >= 11 is 0. The summed E-state index contributed by atoms with van der Waals surface area (Å²) in [5, 5.41) is 0. The molecule has 4 nitrogen and oxygen atoms in total. The maximum atomic E-state index is 2.43.